The number of phenols is 1. The van der Waals surface area contributed by atoms with Crippen molar-refractivity contribution in [1.29, 1.82) is 0 Å². The number of piperazine rings is 1. The van der Waals surface area contributed by atoms with Crippen LogP contribution >= 0.6 is 15.9 Å². The second-order valence-electron chi connectivity index (χ2n) is 7.83. The summed E-state index contributed by atoms with van der Waals surface area (Å²) in [5, 5.41) is 9.63. The minimum atomic E-state index is -0.455. The maximum absolute atomic E-state index is 12.3. The summed E-state index contributed by atoms with van der Waals surface area (Å²) in [7, 11) is 0. The molecule has 3 rings (SSSR count). The first kappa shape index (κ1) is 17.5. The van der Waals surface area contributed by atoms with Crippen molar-refractivity contribution in [2.75, 3.05) is 19.6 Å². The van der Waals surface area contributed by atoms with Gasteiger partial charge in [0, 0.05) is 31.7 Å². The van der Waals surface area contributed by atoms with Crippen molar-refractivity contribution in [2.45, 2.75) is 51.3 Å². The Morgan fingerprint density at radius 3 is 2.62 bits per heavy atom. The number of ether oxygens (including phenoxy) is 1. The van der Waals surface area contributed by atoms with Gasteiger partial charge in [-0.3, -0.25) is 4.90 Å². The zero-order valence-electron chi connectivity index (χ0n) is 14.5. The molecule has 0 radical (unpaired) electrons. The normalized spacial score (nSPS) is 20.2. The molecule has 1 saturated heterocycles. The number of benzene rings is 1. The quantitative estimate of drug-likeness (QED) is 0.826. The summed E-state index contributed by atoms with van der Waals surface area (Å²) >= 11 is 3.37. The van der Waals surface area contributed by atoms with E-state index >= 15 is 0 Å². The molecule has 24 heavy (non-hydrogen) atoms. The lowest BCUT2D eigenvalue weighted by atomic mass is 10.1. The van der Waals surface area contributed by atoms with Gasteiger partial charge in [-0.2, -0.15) is 0 Å². The summed E-state index contributed by atoms with van der Waals surface area (Å²) < 4.78 is 6.23. The van der Waals surface area contributed by atoms with E-state index in [1.165, 1.54) is 0 Å². The lowest BCUT2D eigenvalue weighted by molar-refractivity contribution is -0.00239. The fraction of sp³-hybridized carbons (Fsp3) is 0.611. The first-order chi connectivity index (χ1) is 11.2. The van der Waals surface area contributed by atoms with Crippen LogP contribution in [0.5, 0.6) is 5.75 Å². The molecule has 0 atom stereocenters. The summed E-state index contributed by atoms with van der Waals surface area (Å²) in [6.07, 6.45) is 2.03. The van der Waals surface area contributed by atoms with Crippen molar-refractivity contribution < 1.29 is 14.6 Å². The molecule has 0 bridgehead atoms. The van der Waals surface area contributed by atoms with Crippen molar-refractivity contribution >= 4 is 22.0 Å². The molecule has 6 heteroatoms. The Kier molecular flexibility index (Phi) is 4.55. The second kappa shape index (κ2) is 6.23. The molecule has 2 aliphatic rings. The molecular formula is C18H25BrN2O3. The Morgan fingerprint density at radius 2 is 2.04 bits per heavy atom. The minimum Gasteiger partial charge on any atom is -0.507 e. The number of carbonyl (C=O) groups excluding carboxylic acids is 1. The summed E-state index contributed by atoms with van der Waals surface area (Å²) in [6, 6.07) is 5.64. The number of carbonyl (C=O) groups is 1. The highest BCUT2D eigenvalue weighted by atomic mass is 79.9. The monoisotopic (exact) mass is 396 g/mol. The smallest absolute Gasteiger partial charge is 0.410 e. The summed E-state index contributed by atoms with van der Waals surface area (Å²) in [5.74, 6) is 0.259. The molecule has 132 valence electrons. The fourth-order valence-corrected chi connectivity index (χ4v) is 3.66. The van der Waals surface area contributed by atoms with Gasteiger partial charge in [-0.05, 0) is 67.2 Å². The van der Waals surface area contributed by atoms with Crippen molar-refractivity contribution in [3.63, 3.8) is 0 Å². The van der Waals surface area contributed by atoms with Gasteiger partial charge < -0.3 is 14.7 Å². The number of rotatable bonds is 2. The average Bonchev–Trinajstić information content (AvgIpc) is 3.23. The maximum atomic E-state index is 12.3. The predicted molar refractivity (Wildman–Crippen MR) is 96.0 cm³/mol. The molecule has 2 fully saturated rings. The Labute approximate surface area is 151 Å². The Morgan fingerprint density at radius 1 is 1.33 bits per heavy atom. The molecule has 1 N–H and O–H groups in total. The number of aromatic hydroxyl groups is 1. The van der Waals surface area contributed by atoms with Crippen molar-refractivity contribution in [1.82, 2.24) is 9.80 Å². The Balaban J connectivity index is 1.65. The third kappa shape index (κ3) is 3.86. The third-order valence-corrected chi connectivity index (χ3v) is 5.30. The van der Waals surface area contributed by atoms with Gasteiger partial charge in [-0.1, -0.05) is 6.07 Å². The lowest BCUT2D eigenvalue weighted by Gasteiger charge is -2.42. The molecule has 1 aliphatic heterocycles. The summed E-state index contributed by atoms with van der Waals surface area (Å²) in [5.41, 5.74) is 0.805. The van der Waals surface area contributed by atoms with Crippen LogP contribution in [0.4, 0.5) is 4.79 Å². The number of halogens is 1. The van der Waals surface area contributed by atoms with Crippen LogP contribution in [-0.2, 0) is 11.3 Å². The van der Waals surface area contributed by atoms with E-state index in [1.54, 1.807) is 6.07 Å². The van der Waals surface area contributed by atoms with Gasteiger partial charge in [0.15, 0.2) is 0 Å². The molecular weight excluding hydrogens is 372 g/mol. The molecule has 1 heterocycles. The predicted octanol–water partition coefficient (Wildman–Crippen LogP) is 3.74. The van der Waals surface area contributed by atoms with Crippen LogP contribution in [0.15, 0.2) is 22.7 Å². The highest BCUT2D eigenvalue weighted by Crippen LogP contribution is 2.45. The SMILES string of the molecule is CC(C)(C)OC(=O)N1CCN(Cc2ccc(O)c(Br)c2)C2(CC2)C1. The molecule has 1 saturated carbocycles. The van der Waals surface area contributed by atoms with Crippen LogP contribution in [0.25, 0.3) is 0 Å². The molecule has 0 unspecified atom stereocenters. The molecule has 5 nitrogen and oxygen atoms in total. The largest absolute Gasteiger partial charge is 0.507 e. The zero-order valence-corrected chi connectivity index (χ0v) is 16.1. The van der Waals surface area contributed by atoms with Gasteiger partial charge in [-0.15, -0.1) is 0 Å². The van der Waals surface area contributed by atoms with Crippen LogP contribution < -0.4 is 0 Å². The molecule has 1 amide bonds. The minimum absolute atomic E-state index is 0.0967. The van der Waals surface area contributed by atoms with Gasteiger partial charge >= 0.3 is 6.09 Å². The van der Waals surface area contributed by atoms with Crippen molar-refractivity contribution in [2.24, 2.45) is 0 Å². The Bertz CT molecular complexity index is 638. The van der Waals surface area contributed by atoms with Crippen LogP contribution in [0.2, 0.25) is 0 Å². The first-order valence-corrected chi connectivity index (χ1v) is 9.18. The van der Waals surface area contributed by atoms with Gasteiger partial charge in [-0.25, -0.2) is 4.79 Å². The van der Waals surface area contributed by atoms with Gasteiger partial charge in [0.2, 0.25) is 0 Å². The van der Waals surface area contributed by atoms with Crippen LogP contribution in [0, 0.1) is 0 Å². The topological polar surface area (TPSA) is 53.0 Å². The zero-order chi connectivity index (χ0) is 17.5. The molecule has 1 spiro atoms. The number of nitrogens with zero attached hydrogens (tertiary/aromatic N) is 2. The summed E-state index contributed by atoms with van der Waals surface area (Å²) in [6.45, 7) is 8.81. The highest BCUT2D eigenvalue weighted by molar-refractivity contribution is 9.10. The average molecular weight is 397 g/mol. The van der Waals surface area contributed by atoms with Crippen LogP contribution in [0.3, 0.4) is 0 Å². The molecule has 1 aromatic rings. The fourth-order valence-electron chi connectivity index (χ4n) is 3.23. The van der Waals surface area contributed by atoms with Crippen molar-refractivity contribution in [3.8, 4) is 5.75 Å². The van der Waals surface area contributed by atoms with Crippen LogP contribution in [-0.4, -0.2) is 51.8 Å². The van der Waals surface area contributed by atoms with E-state index in [0.717, 1.165) is 42.5 Å². The van der Waals surface area contributed by atoms with E-state index in [9.17, 15) is 9.90 Å². The van der Waals surface area contributed by atoms with E-state index in [2.05, 4.69) is 20.8 Å². The number of amides is 1. The van der Waals surface area contributed by atoms with E-state index in [0.29, 0.717) is 6.54 Å². The van der Waals surface area contributed by atoms with E-state index in [-0.39, 0.29) is 17.4 Å². The standard InChI is InChI=1S/C18H25BrN2O3/c1-17(2,3)24-16(23)20-8-9-21(18(12-20)6-7-18)11-13-4-5-15(22)14(19)10-13/h4-5,10,22H,6-9,11-12H2,1-3H3. The van der Waals surface area contributed by atoms with E-state index < -0.39 is 5.60 Å². The first-order valence-electron chi connectivity index (χ1n) is 8.39. The third-order valence-electron chi connectivity index (χ3n) is 4.66. The van der Waals surface area contributed by atoms with Gasteiger partial charge in [0.25, 0.3) is 0 Å². The second-order valence-corrected chi connectivity index (χ2v) is 8.69. The molecule has 1 aromatic carbocycles. The van der Waals surface area contributed by atoms with Crippen molar-refractivity contribution in [3.05, 3.63) is 28.2 Å². The number of hydrogen-bond acceptors (Lipinski definition) is 4. The highest BCUT2D eigenvalue weighted by Gasteiger charge is 2.52. The maximum Gasteiger partial charge on any atom is 0.410 e. The Hall–Kier alpha value is -1.27. The van der Waals surface area contributed by atoms with Gasteiger partial charge in [0.1, 0.15) is 11.4 Å². The van der Waals surface area contributed by atoms with Gasteiger partial charge in [0.05, 0.1) is 4.47 Å². The lowest BCUT2D eigenvalue weighted by Crippen LogP contribution is -2.56. The van der Waals surface area contributed by atoms with E-state index in [1.807, 2.05) is 37.8 Å². The molecule has 1 aliphatic carbocycles. The molecule has 0 aromatic heterocycles. The number of phenolic OH excluding ortho intramolecular Hbond substituents is 1. The van der Waals surface area contributed by atoms with E-state index in [4.69, 9.17) is 4.74 Å². The summed E-state index contributed by atoms with van der Waals surface area (Å²) in [4.78, 5) is 16.6. The number of hydrogen-bond donors (Lipinski definition) is 1. The van der Waals surface area contributed by atoms with Crippen LogP contribution in [0.1, 0.15) is 39.2 Å².